The number of phenols is 1. The Morgan fingerprint density at radius 2 is 1.77 bits per heavy atom. The molecule has 1 aromatic heterocycles. The molecule has 0 spiro atoms. The van der Waals surface area contributed by atoms with E-state index in [4.69, 9.17) is 22.5 Å². The van der Waals surface area contributed by atoms with Crippen LogP contribution < -0.4 is 5.73 Å². The predicted octanol–water partition coefficient (Wildman–Crippen LogP) is 4.58. The van der Waals surface area contributed by atoms with E-state index >= 15 is 0 Å². The topological polar surface area (TPSA) is 132 Å². The van der Waals surface area contributed by atoms with E-state index < -0.39 is 5.97 Å². The number of hydrogen-bond acceptors (Lipinski definition) is 4. The fourth-order valence-electron chi connectivity index (χ4n) is 3.56. The first kappa shape index (κ1) is 20.3. The lowest BCUT2D eigenvalue weighted by Gasteiger charge is -2.12. The van der Waals surface area contributed by atoms with Gasteiger partial charge < -0.3 is 26.1 Å². The maximum atomic E-state index is 11.3. The lowest BCUT2D eigenvalue weighted by Crippen LogP contribution is -2.13. The third kappa shape index (κ3) is 3.91. The van der Waals surface area contributed by atoms with Crippen LogP contribution in [0.1, 0.15) is 11.1 Å². The predicted molar refractivity (Wildman–Crippen MR) is 120 cm³/mol. The van der Waals surface area contributed by atoms with Gasteiger partial charge in [-0.25, -0.2) is 0 Å². The Morgan fingerprint density at radius 3 is 2.45 bits per heavy atom. The molecule has 4 aromatic rings. The minimum absolute atomic E-state index is 0.0228. The summed E-state index contributed by atoms with van der Waals surface area (Å²) in [7, 11) is 0. The van der Waals surface area contributed by atoms with Gasteiger partial charge in [-0.2, -0.15) is 0 Å². The van der Waals surface area contributed by atoms with Crippen LogP contribution in [0.5, 0.6) is 5.75 Å². The first-order valence-electron chi connectivity index (χ1n) is 9.31. The van der Waals surface area contributed by atoms with Crippen molar-refractivity contribution in [1.82, 2.24) is 4.98 Å². The normalized spacial score (nSPS) is 11.7. The Balaban J connectivity index is 1.92. The zero-order valence-electron chi connectivity index (χ0n) is 16.1. The van der Waals surface area contributed by atoms with Gasteiger partial charge in [0.15, 0.2) is 5.84 Å². The molecule has 0 aliphatic rings. The smallest absolute Gasteiger partial charge is 0.307 e. The molecule has 0 bridgehead atoms. The maximum absolute atomic E-state index is 11.3. The summed E-state index contributed by atoms with van der Waals surface area (Å²) in [6.07, 6.45) is -0.188. The number of halogens is 1. The second kappa shape index (κ2) is 8.04. The Labute approximate surface area is 182 Å². The summed E-state index contributed by atoms with van der Waals surface area (Å²) < 4.78 is 0. The van der Waals surface area contributed by atoms with Crippen LogP contribution in [0.2, 0.25) is 5.02 Å². The Hall–Kier alpha value is -3.97. The number of nitrogens with one attached hydrogen (secondary N) is 1. The number of aromatic amines is 1. The molecule has 0 aliphatic heterocycles. The monoisotopic (exact) mass is 435 g/mol. The standard InChI is InChI=1S/C23H18ClN3O4/c24-18-11-19-14(9-16(18)23(25)27-31)10-20(26-19)17-7-12(8-21(28)29)6-15(22(17)30)13-4-2-1-3-5-13/h1-7,9-11,26,30-31H,8H2,(H2,25,27)(H,28,29). The Kier molecular flexibility index (Phi) is 5.27. The van der Waals surface area contributed by atoms with E-state index in [9.17, 15) is 15.0 Å². The average Bonchev–Trinajstić information content (AvgIpc) is 3.16. The summed E-state index contributed by atoms with van der Waals surface area (Å²) in [6, 6.07) is 17.7. The number of nitrogens with zero attached hydrogens (tertiary/aromatic N) is 1. The Morgan fingerprint density at radius 1 is 1.06 bits per heavy atom. The van der Waals surface area contributed by atoms with Gasteiger partial charge in [0, 0.05) is 27.6 Å². The summed E-state index contributed by atoms with van der Waals surface area (Å²) in [5, 5.41) is 33.3. The SMILES string of the molecule is N/C(=N\O)c1cc2cc(-c3cc(CC(=O)O)cc(-c4ccccc4)c3O)[nH]c2cc1Cl. The number of benzene rings is 3. The van der Waals surface area contributed by atoms with Crippen LogP contribution in [-0.4, -0.2) is 32.2 Å². The van der Waals surface area contributed by atoms with E-state index in [1.807, 2.05) is 30.3 Å². The van der Waals surface area contributed by atoms with E-state index in [2.05, 4.69) is 10.1 Å². The number of carbonyl (C=O) groups is 1. The minimum atomic E-state index is -0.970. The molecule has 3 aromatic carbocycles. The molecule has 156 valence electrons. The fraction of sp³-hybridized carbons (Fsp3) is 0.0435. The molecular formula is C23H18ClN3O4. The molecule has 0 saturated heterocycles. The average molecular weight is 436 g/mol. The van der Waals surface area contributed by atoms with Crippen LogP contribution >= 0.6 is 11.6 Å². The van der Waals surface area contributed by atoms with Crippen molar-refractivity contribution in [3.63, 3.8) is 0 Å². The zero-order valence-corrected chi connectivity index (χ0v) is 16.9. The largest absolute Gasteiger partial charge is 0.507 e. The number of aromatic hydroxyl groups is 1. The van der Waals surface area contributed by atoms with Crippen LogP contribution in [0.25, 0.3) is 33.3 Å². The quantitative estimate of drug-likeness (QED) is 0.135. The first-order chi connectivity index (χ1) is 14.9. The number of oxime groups is 1. The number of rotatable bonds is 5. The molecule has 31 heavy (non-hydrogen) atoms. The van der Waals surface area contributed by atoms with Gasteiger partial charge in [-0.1, -0.05) is 47.1 Å². The van der Waals surface area contributed by atoms with Crippen molar-refractivity contribution in [2.45, 2.75) is 6.42 Å². The van der Waals surface area contributed by atoms with Crippen molar-refractivity contribution in [1.29, 1.82) is 0 Å². The second-order valence-electron chi connectivity index (χ2n) is 7.06. The lowest BCUT2D eigenvalue weighted by atomic mass is 9.95. The minimum Gasteiger partial charge on any atom is -0.507 e. The van der Waals surface area contributed by atoms with Crippen LogP contribution in [-0.2, 0) is 11.2 Å². The van der Waals surface area contributed by atoms with Gasteiger partial charge in [0.1, 0.15) is 5.75 Å². The van der Waals surface area contributed by atoms with Gasteiger partial charge in [0.2, 0.25) is 0 Å². The molecule has 0 radical (unpaired) electrons. The van der Waals surface area contributed by atoms with E-state index in [0.29, 0.717) is 38.5 Å². The number of nitrogens with two attached hydrogens (primary N) is 1. The summed E-state index contributed by atoms with van der Waals surface area (Å²) in [6.45, 7) is 0. The highest BCUT2D eigenvalue weighted by Gasteiger charge is 2.17. The molecule has 8 heteroatoms. The molecule has 4 rings (SSSR count). The van der Waals surface area contributed by atoms with Gasteiger partial charge in [0.05, 0.1) is 17.1 Å². The highest BCUT2D eigenvalue weighted by molar-refractivity contribution is 6.35. The van der Waals surface area contributed by atoms with E-state index in [0.717, 1.165) is 10.9 Å². The number of phenolic OH excluding ortho intramolecular Hbond substituents is 1. The molecule has 0 fully saturated rings. The van der Waals surface area contributed by atoms with Crippen molar-refractivity contribution < 1.29 is 20.2 Å². The number of carboxylic acid groups (broad SMARTS) is 1. The third-order valence-electron chi connectivity index (χ3n) is 4.99. The lowest BCUT2D eigenvalue weighted by molar-refractivity contribution is -0.136. The van der Waals surface area contributed by atoms with Gasteiger partial charge in [-0.15, -0.1) is 0 Å². The highest BCUT2D eigenvalue weighted by Crippen LogP contribution is 2.40. The highest BCUT2D eigenvalue weighted by atomic mass is 35.5. The zero-order chi connectivity index (χ0) is 22.1. The van der Waals surface area contributed by atoms with Gasteiger partial charge in [-0.3, -0.25) is 4.79 Å². The number of H-pyrrole nitrogens is 1. The van der Waals surface area contributed by atoms with Crippen LogP contribution in [0.15, 0.2) is 65.8 Å². The van der Waals surface area contributed by atoms with E-state index in [1.54, 1.807) is 30.3 Å². The maximum Gasteiger partial charge on any atom is 0.307 e. The second-order valence-corrected chi connectivity index (χ2v) is 7.47. The van der Waals surface area contributed by atoms with Crippen molar-refractivity contribution >= 4 is 34.3 Å². The summed E-state index contributed by atoms with van der Waals surface area (Å²) in [5.74, 6) is -1.07. The molecule has 0 atom stereocenters. The molecule has 6 N–H and O–H groups in total. The van der Waals surface area contributed by atoms with Crippen LogP contribution in [0.4, 0.5) is 0 Å². The molecule has 1 heterocycles. The number of aromatic nitrogens is 1. The first-order valence-corrected chi connectivity index (χ1v) is 9.69. The number of hydrogen-bond donors (Lipinski definition) is 5. The molecule has 0 unspecified atom stereocenters. The van der Waals surface area contributed by atoms with Crippen LogP contribution in [0.3, 0.4) is 0 Å². The van der Waals surface area contributed by atoms with Crippen molar-refractivity contribution in [3.05, 3.63) is 76.8 Å². The van der Waals surface area contributed by atoms with Gasteiger partial charge >= 0.3 is 5.97 Å². The summed E-state index contributed by atoms with van der Waals surface area (Å²) in [5.41, 5.74) is 9.61. The van der Waals surface area contributed by atoms with Gasteiger partial charge in [-0.05, 0) is 41.5 Å². The molecule has 0 amide bonds. The van der Waals surface area contributed by atoms with Crippen molar-refractivity contribution in [2.24, 2.45) is 10.9 Å². The third-order valence-corrected chi connectivity index (χ3v) is 5.30. The van der Waals surface area contributed by atoms with Crippen LogP contribution in [0, 0.1) is 0 Å². The molecule has 0 aliphatic carbocycles. The summed E-state index contributed by atoms with van der Waals surface area (Å²) >= 11 is 6.24. The van der Waals surface area contributed by atoms with E-state index in [1.165, 1.54) is 0 Å². The summed E-state index contributed by atoms with van der Waals surface area (Å²) in [4.78, 5) is 14.5. The number of aliphatic carboxylic acids is 1. The number of fused-ring (bicyclic) bond motifs is 1. The van der Waals surface area contributed by atoms with E-state index in [-0.39, 0.29) is 18.0 Å². The Bertz CT molecular complexity index is 1330. The number of carboxylic acids is 1. The molecule has 0 saturated carbocycles. The van der Waals surface area contributed by atoms with Gasteiger partial charge in [0.25, 0.3) is 0 Å². The van der Waals surface area contributed by atoms with Crippen molar-refractivity contribution in [3.8, 4) is 28.1 Å². The fourth-order valence-corrected chi connectivity index (χ4v) is 3.82. The number of amidine groups is 1. The van der Waals surface area contributed by atoms with Crippen molar-refractivity contribution in [2.75, 3.05) is 0 Å². The molecular weight excluding hydrogens is 418 g/mol. The molecule has 7 nitrogen and oxygen atoms in total.